The number of hydrogen-bond donors (Lipinski definition) is 2. The maximum absolute atomic E-state index is 8.00. The molecule has 0 unspecified atom stereocenters. The Kier molecular flexibility index (Phi) is 7030. The number of hydrogen-bond acceptors (Lipinski definition) is 0. The van der Waals surface area contributed by atoms with Gasteiger partial charge in [-0.3, -0.25) is 0 Å². The van der Waals surface area contributed by atoms with Gasteiger partial charge < -0.3 is 11.0 Å². The van der Waals surface area contributed by atoms with Crippen LogP contribution in [0.1, 0.15) is 0 Å². The minimum atomic E-state index is 0. The first-order valence-corrected chi connectivity index (χ1v) is 0.577. The largest absolute Gasteiger partial charge is 2.00 e. The van der Waals surface area contributed by atoms with Gasteiger partial charge in [0, 0.05) is 10.4 Å². The summed E-state index contributed by atoms with van der Waals surface area (Å²) in [6, 6.07) is 0. The molecular weight excluding hydrogens is 276 g/mol. The Balaban J connectivity index is -0.00000000267. The first kappa shape index (κ1) is 51.7. The molecule has 10 N–H and O–H groups in total. The standard InChI is InChI=1S/2H3NO.2H2O.W/c2*1-2;;;/h2*1H3;2*1H2;/q2*+1;;;+2. The summed E-state index contributed by atoms with van der Waals surface area (Å²) in [6.07, 6.45) is 0. The summed E-state index contributed by atoms with van der Waals surface area (Å²) >= 11 is 0. The van der Waals surface area contributed by atoms with Gasteiger partial charge in [0.2, 0.25) is 0 Å². The summed E-state index contributed by atoms with van der Waals surface area (Å²) in [7, 11) is 0. The van der Waals surface area contributed by atoms with Gasteiger partial charge in [0.25, 0.3) is 0 Å². The van der Waals surface area contributed by atoms with Crippen LogP contribution in [0.3, 0.4) is 0 Å². The van der Waals surface area contributed by atoms with Crippen molar-refractivity contribution >= 4 is 0 Å². The van der Waals surface area contributed by atoms with Crippen LogP contribution in [-0.2, 0) is 31.5 Å². The summed E-state index contributed by atoms with van der Waals surface area (Å²) in [5, 5.41) is 16.0. The van der Waals surface area contributed by atoms with Gasteiger partial charge in [-0.1, -0.05) is 0 Å². The molecule has 0 aromatic carbocycles. The Morgan fingerprint density at radius 2 is 0.714 bits per heavy atom. The molecule has 0 aromatic heterocycles. The number of rotatable bonds is 0. The Morgan fingerprint density at radius 3 is 0.714 bits per heavy atom. The molecule has 0 spiro atoms. The van der Waals surface area contributed by atoms with Crippen molar-refractivity contribution in [2.45, 2.75) is 0 Å². The summed E-state index contributed by atoms with van der Waals surface area (Å²) in [5.41, 5.74) is 0. The third-order valence-corrected chi connectivity index (χ3v) is 0. The molecule has 0 aliphatic rings. The van der Waals surface area contributed by atoms with Gasteiger partial charge in [0.15, 0.2) is 0 Å². The van der Waals surface area contributed by atoms with Gasteiger partial charge in [-0.25, -0.2) is 0 Å². The van der Waals surface area contributed by atoms with Gasteiger partial charge in [-0.15, -0.1) is 0 Å². The van der Waals surface area contributed by atoms with E-state index in [4.69, 9.17) is 10.4 Å². The molecule has 0 rings (SSSR count). The molecule has 6 nitrogen and oxygen atoms in total. The Hall–Kier alpha value is 0.448. The molecule has 0 amide bonds. The average Bonchev–Trinajstić information content (AvgIpc) is 1.50. The molecule has 0 heterocycles. The predicted molar refractivity (Wildman–Crippen MR) is 14.4 cm³/mol. The Labute approximate surface area is 54.9 Å². The van der Waals surface area contributed by atoms with E-state index in [9.17, 15) is 0 Å². The molecule has 0 aliphatic carbocycles. The Bertz CT molecular complexity index is 9.65. The van der Waals surface area contributed by atoms with E-state index in [0.717, 1.165) is 0 Å². The van der Waals surface area contributed by atoms with Crippen molar-refractivity contribution in [3.8, 4) is 0 Å². The quantitative estimate of drug-likeness (QED) is 0.411. The van der Waals surface area contributed by atoms with E-state index in [2.05, 4.69) is 0 Å². The third kappa shape index (κ3) is 635. The zero-order valence-electron chi connectivity index (χ0n) is 3.64. The minimum Gasteiger partial charge on any atom is -0.412 e. The van der Waals surface area contributed by atoms with Crippen LogP contribution < -0.4 is 11.8 Å². The van der Waals surface area contributed by atoms with E-state index in [0.29, 0.717) is 0 Å². The van der Waals surface area contributed by atoms with Crippen molar-refractivity contribution < 1.29 is 54.2 Å². The molecule has 0 saturated heterocycles. The molecule has 7 heavy (non-hydrogen) atoms. The van der Waals surface area contributed by atoms with Crippen molar-refractivity contribution in [3.63, 3.8) is 0 Å². The smallest absolute Gasteiger partial charge is 0.412 e. The van der Waals surface area contributed by atoms with E-state index < -0.39 is 0 Å². The van der Waals surface area contributed by atoms with Crippen LogP contribution >= 0.6 is 0 Å². The van der Waals surface area contributed by atoms with Crippen molar-refractivity contribution in [1.29, 1.82) is 0 Å². The molecule has 0 saturated carbocycles. The molecule has 0 aliphatic heterocycles. The molecule has 7 heteroatoms. The van der Waals surface area contributed by atoms with Gasteiger partial charge >= 0.3 is 21.1 Å². The van der Waals surface area contributed by atoms with E-state index in [1.165, 1.54) is 0 Å². The van der Waals surface area contributed by atoms with Crippen molar-refractivity contribution in [1.82, 2.24) is 0 Å². The second-order valence-corrected chi connectivity index (χ2v) is 0. The van der Waals surface area contributed by atoms with Crippen LogP contribution in [0.4, 0.5) is 0 Å². The first-order valence-electron chi connectivity index (χ1n) is 0.577. The molecular formula is H10N2O4W+4. The van der Waals surface area contributed by atoms with Gasteiger partial charge in [0.05, 0.1) is 0 Å². The molecule has 46 valence electrons. The van der Waals surface area contributed by atoms with Crippen molar-refractivity contribution in [2.75, 3.05) is 0 Å². The van der Waals surface area contributed by atoms with Crippen molar-refractivity contribution in [3.05, 3.63) is 0 Å². The third-order valence-electron chi connectivity index (χ3n) is 0. The topological polar surface area (TPSA) is 158 Å². The van der Waals surface area contributed by atoms with Gasteiger partial charge in [-0.2, -0.15) is 11.8 Å². The average molecular weight is 286 g/mol. The van der Waals surface area contributed by atoms with E-state index in [-0.39, 0.29) is 32.0 Å². The van der Waals surface area contributed by atoms with Crippen LogP contribution in [0.15, 0.2) is 0 Å². The monoisotopic (exact) mass is 286 g/mol. The molecule has 0 bridgehead atoms. The van der Waals surface area contributed by atoms with E-state index in [1.807, 2.05) is 11.8 Å². The maximum Gasteiger partial charge on any atom is 2.00 e. The predicted octanol–water partition coefficient (Wildman–Crippen LogP) is -4.50. The zero-order chi connectivity index (χ0) is 4.00. The second kappa shape index (κ2) is 952. The summed E-state index contributed by atoms with van der Waals surface area (Å²) in [4.78, 5) is 0. The zero-order valence-corrected chi connectivity index (χ0v) is 6.57. The van der Waals surface area contributed by atoms with Gasteiger partial charge in [-0.05, 0) is 0 Å². The van der Waals surface area contributed by atoms with Crippen LogP contribution in [0.25, 0.3) is 0 Å². The fourth-order valence-corrected chi connectivity index (χ4v) is 0. The molecule has 0 atom stereocenters. The van der Waals surface area contributed by atoms with Crippen LogP contribution in [-0.4, -0.2) is 11.0 Å². The summed E-state index contributed by atoms with van der Waals surface area (Å²) in [6.45, 7) is 0. The first-order chi connectivity index (χ1) is 2.00. The normalized spacial score (nSPS) is 1.71. The molecule has 0 aromatic rings. The SMILES string of the molecule is O.O.[NH3+][O].[NH3+][O].[W+2]. The second-order valence-electron chi connectivity index (χ2n) is 0. The Morgan fingerprint density at radius 1 is 0.714 bits per heavy atom. The summed E-state index contributed by atoms with van der Waals surface area (Å²) in [5.74, 6) is 4.00. The maximum atomic E-state index is 8.00. The van der Waals surface area contributed by atoms with Crippen LogP contribution in [0, 0.1) is 0 Å². The number of quaternary nitrogens is 2. The van der Waals surface area contributed by atoms with Crippen LogP contribution in [0.5, 0.6) is 0 Å². The van der Waals surface area contributed by atoms with Crippen LogP contribution in [0.2, 0.25) is 0 Å². The molecule has 2 radical (unpaired) electrons. The molecule has 0 fully saturated rings. The van der Waals surface area contributed by atoms with E-state index >= 15 is 0 Å². The van der Waals surface area contributed by atoms with Gasteiger partial charge in [0.1, 0.15) is 0 Å². The summed E-state index contributed by atoms with van der Waals surface area (Å²) < 4.78 is 0. The fraction of sp³-hybridized carbons (Fsp3) is 0. The minimum absolute atomic E-state index is 0. The van der Waals surface area contributed by atoms with Crippen molar-refractivity contribution in [2.24, 2.45) is 0 Å². The fourth-order valence-electron chi connectivity index (χ4n) is 0. The van der Waals surface area contributed by atoms with E-state index in [1.54, 1.807) is 0 Å².